The number of hydrogen-bond acceptors (Lipinski definition) is 3. The molecule has 0 aliphatic carbocycles. The van der Waals surface area contributed by atoms with Gasteiger partial charge in [-0.15, -0.1) is 0 Å². The van der Waals surface area contributed by atoms with Crippen molar-refractivity contribution in [2.24, 2.45) is 0 Å². The smallest absolute Gasteiger partial charge is 0.410 e. The predicted octanol–water partition coefficient (Wildman–Crippen LogP) is 2.14. The van der Waals surface area contributed by atoms with Crippen LogP contribution in [0.3, 0.4) is 0 Å². The molecule has 1 N–H and O–H groups in total. The second kappa shape index (κ2) is 4.48. The molecular formula is C13H24N2O2. The van der Waals surface area contributed by atoms with Gasteiger partial charge < -0.3 is 10.1 Å². The highest BCUT2D eigenvalue weighted by atomic mass is 16.6. The Morgan fingerprint density at radius 2 is 1.94 bits per heavy atom. The van der Waals surface area contributed by atoms with E-state index in [1.807, 2.05) is 25.7 Å². The number of likely N-dealkylation sites (tertiary alicyclic amines) is 1. The van der Waals surface area contributed by atoms with Crippen LogP contribution in [0.15, 0.2) is 0 Å². The molecule has 0 saturated carbocycles. The second-order valence-electron chi connectivity index (χ2n) is 6.27. The maximum Gasteiger partial charge on any atom is 0.410 e. The summed E-state index contributed by atoms with van der Waals surface area (Å²) in [6, 6.07) is 0. The van der Waals surface area contributed by atoms with E-state index in [4.69, 9.17) is 4.74 Å². The number of ether oxygens (including phenoxy) is 1. The average molecular weight is 240 g/mol. The van der Waals surface area contributed by atoms with E-state index in [2.05, 4.69) is 5.32 Å². The molecule has 0 aromatic heterocycles. The Labute approximate surface area is 104 Å². The third kappa shape index (κ3) is 2.73. The molecule has 1 amide bonds. The van der Waals surface area contributed by atoms with Crippen LogP contribution in [0.25, 0.3) is 0 Å². The highest BCUT2D eigenvalue weighted by Gasteiger charge is 2.46. The molecule has 2 saturated heterocycles. The molecule has 0 radical (unpaired) electrons. The van der Waals surface area contributed by atoms with Gasteiger partial charge in [-0.05, 0) is 33.6 Å². The van der Waals surface area contributed by atoms with Gasteiger partial charge in [-0.2, -0.15) is 0 Å². The fourth-order valence-electron chi connectivity index (χ4n) is 2.66. The topological polar surface area (TPSA) is 41.6 Å². The largest absolute Gasteiger partial charge is 0.444 e. The summed E-state index contributed by atoms with van der Waals surface area (Å²) < 4.78 is 5.52. The lowest BCUT2D eigenvalue weighted by atomic mass is 9.86. The minimum atomic E-state index is -0.401. The van der Waals surface area contributed by atoms with Crippen LogP contribution in [0, 0.1) is 0 Å². The lowest BCUT2D eigenvalue weighted by Gasteiger charge is -2.49. The van der Waals surface area contributed by atoms with Gasteiger partial charge in [0.05, 0.1) is 5.54 Å². The molecule has 98 valence electrons. The van der Waals surface area contributed by atoms with Gasteiger partial charge in [0.1, 0.15) is 5.60 Å². The van der Waals surface area contributed by atoms with Crippen LogP contribution in [0.4, 0.5) is 4.79 Å². The summed E-state index contributed by atoms with van der Waals surface area (Å²) in [5, 5.41) is 3.30. The molecule has 2 heterocycles. The van der Waals surface area contributed by atoms with Crippen molar-refractivity contribution in [3.05, 3.63) is 0 Å². The number of nitrogens with zero attached hydrogens (tertiary/aromatic N) is 1. The number of rotatable bonds is 0. The van der Waals surface area contributed by atoms with Crippen molar-refractivity contribution in [3.63, 3.8) is 0 Å². The van der Waals surface area contributed by atoms with Crippen LogP contribution >= 0.6 is 0 Å². The van der Waals surface area contributed by atoms with Crippen LogP contribution in [0.2, 0.25) is 0 Å². The third-order valence-corrected chi connectivity index (χ3v) is 3.62. The van der Waals surface area contributed by atoms with Gasteiger partial charge in [-0.1, -0.05) is 12.8 Å². The Bertz CT molecular complexity index is 292. The SMILES string of the molecule is CC(C)(C)OC(=O)N1CCCCCC12CNC2. The minimum absolute atomic E-state index is 0.0405. The van der Waals surface area contributed by atoms with E-state index < -0.39 is 5.60 Å². The van der Waals surface area contributed by atoms with E-state index in [9.17, 15) is 4.79 Å². The third-order valence-electron chi connectivity index (χ3n) is 3.62. The zero-order valence-electron chi connectivity index (χ0n) is 11.2. The monoisotopic (exact) mass is 240 g/mol. The van der Waals surface area contributed by atoms with E-state index in [0.717, 1.165) is 32.5 Å². The highest BCUT2D eigenvalue weighted by molar-refractivity contribution is 5.69. The molecule has 2 rings (SSSR count). The Balaban J connectivity index is 2.07. The van der Waals surface area contributed by atoms with Crippen molar-refractivity contribution in [3.8, 4) is 0 Å². The van der Waals surface area contributed by atoms with E-state index in [0.29, 0.717) is 0 Å². The van der Waals surface area contributed by atoms with Gasteiger partial charge in [-0.3, -0.25) is 4.90 Å². The molecular weight excluding hydrogens is 216 g/mol. The quantitative estimate of drug-likeness (QED) is 0.705. The molecule has 4 heteroatoms. The van der Waals surface area contributed by atoms with Crippen LogP contribution in [0.1, 0.15) is 46.5 Å². The van der Waals surface area contributed by atoms with Crippen LogP contribution in [-0.2, 0) is 4.74 Å². The summed E-state index contributed by atoms with van der Waals surface area (Å²) in [6.07, 6.45) is 4.52. The predicted molar refractivity (Wildman–Crippen MR) is 67.0 cm³/mol. The van der Waals surface area contributed by atoms with E-state index in [1.54, 1.807) is 0 Å². The standard InChI is InChI=1S/C13H24N2O2/c1-12(2,3)17-11(16)15-8-6-4-5-7-13(15)9-14-10-13/h14H,4-10H2,1-3H3. The molecule has 2 aliphatic heterocycles. The maximum absolute atomic E-state index is 12.3. The van der Waals surface area contributed by atoms with Gasteiger partial charge in [0.25, 0.3) is 0 Å². The van der Waals surface area contributed by atoms with Gasteiger partial charge >= 0.3 is 6.09 Å². The molecule has 0 aromatic rings. The maximum atomic E-state index is 12.3. The molecule has 2 aliphatic rings. The van der Waals surface area contributed by atoms with Crippen molar-refractivity contribution in [2.45, 2.75) is 57.6 Å². The average Bonchev–Trinajstić information content (AvgIpc) is 2.35. The van der Waals surface area contributed by atoms with E-state index in [1.165, 1.54) is 12.8 Å². The summed E-state index contributed by atoms with van der Waals surface area (Å²) in [7, 11) is 0. The van der Waals surface area contributed by atoms with Crippen LogP contribution < -0.4 is 5.32 Å². The second-order valence-corrected chi connectivity index (χ2v) is 6.27. The summed E-state index contributed by atoms with van der Waals surface area (Å²) >= 11 is 0. The molecule has 2 fully saturated rings. The van der Waals surface area contributed by atoms with Crippen molar-refractivity contribution >= 4 is 6.09 Å². The number of hydrogen-bond donors (Lipinski definition) is 1. The molecule has 0 bridgehead atoms. The molecule has 0 atom stereocenters. The first-order valence-corrected chi connectivity index (χ1v) is 6.64. The lowest BCUT2D eigenvalue weighted by molar-refractivity contribution is -0.0175. The molecule has 4 nitrogen and oxygen atoms in total. The number of carbonyl (C=O) groups excluding carboxylic acids is 1. The van der Waals surface area contributed by atoms with Crippen molar-refractivity contribution in [2.75, 3.05) is 19.6 Å². The van der Waals surface area contributed by atoms with Gasteiger partial charge in [0, 0.05) is 19.6 Å². The summed E-state index contributed by atoms with van der Waals surface area (Å²) in [4.78, 5) is 14.2. The summed E-state index contributed by atoms with van der Waals surface area (Å²) in [5.41, 5.74) is -0.361. The van der Waals surface area contributed by atoms with Crippen LogP contribution in [0.5, 0.6) is 0 Å². The first-order valence-electron chi connectivity index (χ1n) is 6.64. The van der Waals surface area contributed by atoms with E-state index in [-0.39, 0.29) is 11.6 Å². The Morgan fingerprint density at radius 3 is 2.47 bits per heavy atom. The van der Waals surface area contributed by atoms with Gasteiger partial charge in [0.15, 0.2) is 0 Å². The number of nitrogens with one attached hydrogen (secondary N) is 1. The first kappa shape index (κ1) is 12.7. The first-order chi connectivity index (χ1) is 7.93. The van der Waals surface area contributed by atoms with Gasteiger partial charge in [0.2, 0.25) is 0 Å². The molecule has 17 heavy (non-hydrogen) atoms. The summed E-state index contributed by atoms with van der Waals surface area (Å²) in [6.45, 7) is 8.46. The summed E-state index contributed by atoms with van der Waals surface area (Å²) in [5.74, 6) is 0. The van der Waals surface area contributed by atoms with Crippen molar-refractivity contribution in [1.29, 1.82) is 0 Å². The Morgan fingerprint density at radius 1 is 1.24 bits per heavy atom. The number of amides is 1. The van der Waals surface area contributed by atoms with Crippen molar-refractivity contribution < 1.29 is 9.53 Å². The van der Waals surface area contributed by atoms with Crippen molar-refractivity contribution in [1.82, 2.24) is 10.2 Å². The Kier molecular flexibility index (Phi) is 3.34. The molecule has 1 spiro atoms. The molecule has 0 unspecified atom stereocenters. The van der Waals surface area contributed by atoms with E-state index >= 15 is 0 Å². The minimum Gasteiger partial charge on any atom is -0.444 e. The normalized spacial score (nSPS) is 24.1. The fourth-order valence-corrected chi connectivity index (χ4v) is 2.66. The fraction of sp³-hybridized carbons (Fsp3) is 0.923. The van der Waals surface area contributed by atoms with Crippen LogP contribution in [-0.4, -0.2) is 41.8 Å². The zero-order valence-corrected chi connectivity index (χ0v) is 11.2. The molecule has 0 aromatic carbocycles. The number of carbonyl (C=O) groups is 1. The van der Waals surface area contributed by atoms with Gasteiger partial charge in [-0.25, -0.2) is 4.79 Å². The lowest BCUT2D eigenvalue weighted by Crippen LogP contribution is -2.70. The zero-order chi connectivity index (χ0) is 12.5. The highest BCUT2D eigenvalue weighted by Crippen LogP contribution is 2.32. The Hall–Kier alpha value is -0.770.